The molecular formula is C19H14BrFN2O3S. The normalized spacial score (nSPS) is 15.0. The van der Waals surface area contributed by atoms with Crippen molar-refractivity contribution in [2.24, 2.45) is 4.99 Å². The van der Waals surface area contributed by atoms with E-state index in [4.69, 9.17) is 4.74 Å². The Morgan fingerprint density at radius 2 is 2.11 bits per heavy atom. The van der Waals surface area contributed by atoms with Crippen molar-refractivity contribution in [1.29, 1.82) is 0 Å². The van der Waals surface area contributed by atoms with E-state index < -0.39 is 5.91 Å². The van der Waals surface area contributed by atoms with Crippen LogP contribution in [0.15, 0.2) is 56.8 Å². The lowest BCUT2D eigenvalue weighted by molar-refractivity contribution is -0.117. The molecule has 1 N–H and O–H groups in total. The van der Waals surface area contributed by atoms with Crippen molar-refractivity contribution in [2.75, 3.05) is 0 Å². The minimum Gasteiger partial charge on any atom is -0.488 e. The summed E-state index contributed by atoms with van der Waals surface area (Å²) >= 11 is 4.46. The van der Waals surface area contributed by atoms with Gasteiger partial charge in [-0.3, -0.25) is 9.59 Å². The van der Waals surface area contributed by atoms with Crippen LogP contribution < -0.4 is 10.1 Å². The molecule has 2 amide bonds. The first kappa shape index (κ1) is 19.3. The summed E-state index contributed by atoms with van der Waals surface area (Å²) in [7, 11) is 0. The third-order valence-electron chi connectivity index (χ3n) is 3.50. The molecule has 1 aliphatic heterocycles. The second kappa shape index (κ2) is 8.49. The summed E-state index contributed by atoms with van der Waals surface area (Å²) in [5.74, 6) is -0.588. The van der Waals surface area contributed by atoms with Crippen molar-refractivity contribution in [3.05, 3.63) is 68.8 Å². The fourth-order valence-electron chi connectivity index (χ4n) is 2.29. The van der Waals surface area contributed by atoms with Crippen LogP contribution in [-0.4, -0.2) is 17.0 Å². The standard InChI is InChI=1S/C19H14BrFN2O3S/c1-11(24)22-19-23-18(25)17(27-19)9-13-8-14(20)6-7-16(13)26-10-12-4-2-3-5-15(12)21/h2-9H,10H2,1H3,(H,22,23,24,25)/b17-9+. The van der Waals surface area contributed by atoms with Crippen molar-refractivity contribution in [1.82, 2.24) is 5.32 Å². The molecule has 0 bridgehead atoms. The zero-order valence-corrected chi connectivity index (χ0v) is 16.6. The van der Waals surface area contributed by atoms with Crippen molar-refractivity contribution in [2.45, 2.75) is 13.5 Å². The Labute approximate surface area is 167 Å². The first-order valence-electron chi connectivity index (χ1n) is 7.88. The maximum atomic E-state index is 13.8. The van der Waals surface area contributed by atoms with Gasteiger partial charge in [0, 0.05) is 22.5 Å². The summed E-state index contributed by atoms with van der Waals surface area (Å²) in [6.07, 6.45) is 1.63. The van der Waals surface area contributed by atoms with Gasteiger partial charge in [0.25, 0.3) is 5.91 Å². The van der Waals surface area contributed by atoms with Crippen LogP contribution >= 0.6 is 27.7 Å². The van der Waals surface area contributed by atoms with Gasteiger partial charge in [0.1, 0.15) is 18.2 Å². The third kappa shape index (κ3) is 5.05. The lowest BCUT2D eigenvalue weighted by Crippen LogP contribution is -2.23. The molecule has 0 unspecified atom stereocenters. The van der Waals surface area contributed by atoms with Gasteiger partial charge in [-0.1, -0.05) is 34.1 Å². The van der Waals surface area contributed by atoms with E-state index in [1.54, 1.807) is 42.5 Å². The summed E-state index contributed by atoms with van der Waals surface area (Å²) < 4.78 is 20.3. The number of aliphatic imine (C=N–C) groups is 1. The molecule has 1 aliphatic rings. The van der Waals surface area contributed by atoms with Gasteiger partial charge >= 0.3 is 0 Å². The molecular weight excluding hydrogens is 435 g/mol. The largest absolute Gasteiger partial charge is 0.488 e. The molecule has 0 atom stereocenters. The Morgan fingerprint density at radius 3 is 2.85 bits per heavy atom. The third-order valence-corrected chi connectivity index (χ3v) is 4.90. The van der Waals surface area contributed by atoms with Crippen molar-refractivity contribution < 1.29 is 18.7 Å². The molecule has 27 heavy (non-hydrogen) atoms. The molecule has 1 heterocycles. The molecule has 5 nitrogen and oxygen atoms in total. The molecule has 2 aromatic carbocycles. The summed E-state index contributed by atoms with van der Waals surface area (Å²) in [6, 6.07) is 11.7. The van der Waals surface area contributed by atoms with E-state index in [-0.39, 0.29) is 23.5 Å². The van der Waals surface area contributed by atoms with Gasteiger partial charge in [-0.05, 0) is 42.1 Å². The molecule has 8 heteroatoms. The van der Waals surface area contributed by atoms with Crippen LogP contribution in [0, 0.1) is 5.82 Å². The van der Waals surface area contributed by atoms with Crippen LogP contribution in [0.5, 0.6) is 5.75 Å². The number of ether oxygens (including phenoxy) is 1. The summed E-state index contributed by atoms with van der Waals surface area (Å²) in [4.78, 5) is 27.3. The summed E-state index contributed by atoms with van der Waals surface area (Å²) in [6.45, 7) is 1.40. The van der Waals surface area contributed by atoms with Crippen LogP contribution in [0.25, 0.3) is 6.08 Å². The number of nitrogens with zero attached hydrogens (tertiary/aromatic N) is 1. The Bertz CT molecular complexity index is 975. The molecule has 0 saturated carbocycles. The highest BCUT2D eigenvalue weighted by Gasteiger charge is 2.23. The number of benzene rings is 2. The fourth-order valence-corrected chi connectivity index (χ4v) is 3.52. The quantitative estimate of drug-likeness (QED) is 0.708. The average Bonchev–Trinajstić information content (AvgIpc) is 2.94. The monoisotopic (exact) mass is 448 g/mol. The molecule has 0 radical (unpaired) electrons. The average molecular weight is 449 g/mol. The number of carbonyl (C=O) groups is 2. The van der Waals surface area contributed by atoms with E-state index in [0.29, 0.717) is 21.8 Å². The lowest BCUT2D eigenvalue weighted by atomic mass is 10.1. The highest BCUT2D eigenvalue weighted by atomic mass is 79.9. The number of halogens is 2. The molecule has 0 fully saturated rings. The van der Waals surface area contributed by atoms with Crippen LogP contribution in [0.4, 0.5) is 4.39 Å². The fraction of sp³-hybridized carbons (Fsp3) is 0.105. The van der Waals surface area contributed by atoms with Gasteiger partial charge in [-0.25, -0.2) is 4.39 Å². The van der Waals surface area contributed by atoms with Gasteiger partial charge in [0.15, 0.2) is 5.17 Å². The van der Waals surface area contributed by atoms with Gasteiger partial charge in [0.2, 0.25) is 5.91 Å². The lowest BCUT2D eigenvalue weighted by Gasteiger charge is -2.11. The Morgan fingerprint density at radius 1 is 1.33 bits per heavy atom. The number of amidine groups is 1. The highest BCUT2D eigenvalue weighted by Crippen LogP contribution is 2.32. The SMILES string of the molecule is CC(=O)NC1=NC(=O)/C(=C\c2cc(Br)ccc2OCc2ccccc2F)S1. The minimum absolute atomic E-state index is 0.0548. The second-order valence-electron chi connectivity index (χ2n) is 5.58. The van der Waals surface area contributed by atoms with Crippen LogP contribution in [0.3, 0.4) is 0 Å². The smallest absolute Gasteiger partial charge is 0.286 e. The topological polar surface area (TPSA) is 67.8 Å². The van der Waals surface area contributed by atoms with Gasteiger partial charge < -0.3 is 10.1 Å². The maximum absolute atomic E-state index is 13.8. The molecule has 138 valence electrons. The molecule has 0 aromatic heterocycles. The number of hydrogen-bond donors (Lipinski definition) is 1. The summed E-state index contributed by atoms with van der Waals surface area (Å²) in [5.41, 5.74) is 1.07. The van der Waals surface area contributed by atoms with E-state index in [0.717, 1.165) is 16.2 Å². The van der Waals surface area contributed by atoms with Crippen molar-refractivity contribution >= 4 is 50.7 Å². The number of carbonyl (C=O) groups excluding carboxylic acids is 2. The number of amides is 2. The number of rotatable bonds is 4. The van der Waals surface area contributed by atoms with E-state index in [9.17, 15) is 14.0 Å². The van der Waals surface area contributed by atoms with Crippen LogP contribution in [0.1, 0.15) is 18.1 Å². The Hall–Kier alpha value is -2.45. The van der Waals surface area contributed by atoms with Crippen molar-refractivity contribution in [3.63, 3.8) is 0 Å². The number of hydrogen-bond acceptors (Lipinski definition) is 4. The van der Waals surface area contributed by atoms with Crippen molar-refractivity contribution in [3.8, 4) is 5.75 Å². The first-order chi connectivity index (χ1) is 12.9. The van der Waals surface area contributed by atoms with E-state index in [1.165, 1.54) is 13.0 Å². The Balaban J connectivity index is 1.82. The maximum Gasteiger partial charge on any atom is 0.286 e. The summed E-state index contributed by atoms with van der Waals surface area (Å²) in [5, 5.41) is 2.74. The zero-order valence-electron chi connectivity index (χ0n) is 14.2. The van der Waals surface area contributed by atoms with E-state index >= 15 is 0 Å². The van der Waals surface area contributed by atoms with E-state index in [1.807, 2.05) is 0 Å². The molecule has 0 saturated heterocycles. The Kier molecular flexibility index (Phi) is 6.08. The zero-order chi connectivity index (χ0) is 19.4. The molecule has 0 aliphatic carbocycles. The number of nitrogens with one attached hydrogen (secondary N) is 1. The van der Waals surface area contributed by atoms with Gasteiger partial charge in [0.05, 0.1) is 4.91 Å². The first-order valence-corrected chi connectivity index (χ1v) is 9.49. The molecule has 2 aromatic rings. The molecule has 3 rings (SSSR count). The van der Waals surface area contributed by atoms with Gasteiger partial charge in [-0.15, -0.1) is 0 Å². The van der Waals surface area contributed by atoms with E-state index in [2.05, 4.69) is 26.2 Å². The minimum atomic E-state index is -0.441. The number of thioether (sulfide) groups is 1. The van der Waals surface area contributed by atoms with Crippen LogP contribution in [0.2, 0.25) is 0 Å². The predicted molar refractivity (Wildman–Crippen MR) is 107 cm³/mol. The molecule has 0 spiro atoms. The van der Waals surface area contributed by atoms with Crippen LogP contribution in [-0.2, 0) is 16.2 Å². The highest BCUT2D eigenvalue weighted by molar-refractivity contribution is 9.10. The van der Waals surface area contributed by atoms with Gasteiger partial charge in [-0.2, -0.15) is 4.99 Å². The predicted octanol–water partition coefficient (Wildman–Crippen LogP) is 4.27. The second-order valence-corrected chi connectivity index (χ2v) is 7.52.